The molecule has 1 aromatic heterocycles. The molecule has 2 heterocycles. The largest absolute Gasteiger partial charge is 0.284 e. The normalized spacial score (nSPS) is 19.4. The van der Waals surface area contributed by atoms with Gasteiger partial charge in [-0.25, -0.2) is 0 Å². The molecule has 25 heavy (non-hydrogen) atoms. The number of aryl methyl sites for hydroxylation is 1. The molecular weight excluding hydrogens is 350 g/mol. The van der Waals surface area contributed by atoms with E-state index in [2.05, 4.69) is 36.2 Å². The van der Waals surface area contributed by atoms with Crippen molar-refractivity contribution in [3.8, 4) is 0 Å². The molecule has 1 aliphatic heterocycles. The minimum absolute atomic E-state index is 0.0512. The van der Waals surface area contributed by atoms with E-state index in [0.29, 0.717) is 11.7 Å². The number of carbonyl (C=O) groups is 1. The molecule has 0 saturated carbocycles. The molecule has 1 amide bonds. The number of benzene rings is 1. The lowest BCUT2D eigenvalue weighted by Gasteiger charge is -2.17. The summed E-state index contributed by atoms with van der Waals surface area (Å²) in [5.74, 6) is 0.139. The van der Waals surface area contributed by atoms with Crippen LogP contribution in [0.1, 0.15) is 35.8 Å². The van der Waals surface area contributed by atoms with Gasteiger partial charge in [0.1, 0.15) is 0 Å². The SMILES string of the molecule is CCC[C@H]1S/C(=N/N=C\c2cccs2)N(Cc2ccccc2C)C1=O. The van der Waals surface area contributed by atoms with Crippen molar-refractivity contribution < 1.29 is 4.79 Å². The van der Waals surface area contributed by atoms with E-state index >= 15 is 0 Å². The molecule has 1 fully saturated rings. The molecule has 1 atom stereocenters. The van der Waals surface area contributed by atoms with E-state index < -0.39 is 0 Å². The summed E-state index contributed by atoms with van der Waals surface area (Å²) in [5.41, 5.74) is 2.32. The van der Waals surface area contributed by atoms with E-state index in [1.54, 1.807) is 22.5 Å². The molecule has 0 bridgehead atoms. The van der Waals surface area contributed by atoms with E-state index in [1.807, 2.05) is 29.6 Å². The fourth-order valence-electron chi connectivity index (χ4n) is 2.63. The van der Waals surface area contributed by atoms with Crippen molar-refractivity contribution in [2.24, 2.45) is 10.2 Å². The topological polar surface area (TPSA) is 45.0 Å². The number of amides is 1. The van der Waals surface area contributed by atoms with E-state index in [1.165, 1.54) is 17.3 Å². The Morgan fingerprint density at radius 2 is 2.08 bits per heavy atom. The molecule has 6 heteroatoms. The maximum atomic E-state index is 12.8. The third-order valence-electron chi connectivity index (χ3n) is 4.03. The minimum atomic E-state index is -0.0512. The molecule has 0 aliphatic carbocycles. The van der Waals surface area contributed by atoms with E-state index in [9.17, 15) is 4.79 Å². The predicted molar refractivity (Wildman–Crippen MR) is 107 cm³/mol. The third-order valence-corrected chi connectivity index (χ3v) is 6.07. The molecule has 0 N–H and O–H groups in total. The van der Waals surface area contributed by atoms with E-state index in [0.717, 1.165) is 23.3 Å². The Balaban J connectivity index is 1.82. The number of hydrogen-bond donors (Lipinski definition) is 0. The Morgan fingerprint density at radius 1 is 1.24 bits per heavy atom. The first kappa shape index (κ1) is 17.9. The van der Waals surface area contributed by atoms with Crippen molar-refractivity contribution in [2.75, 3.05) is 0 Å². The summed E-state index contributed by atoms with van der Waals surface area (Å²) >= 11 is 3.14. The maximum Gasteiger partial charge on any atom is 0.242 e. The Bertz CT molecular complexity index is 784. The van der Waals surface area contributed by atoms with Crippen LogP contribution in [0.2, 0.25) is 0 Å². The van der Waals surface area contributed by atoms with Gasteiger partial charge in [-0.2, -0.15) is 5.10 Å². The summed E-state index contributed by atoms with van der Waals surface area (Å²) in [6.07, 6.45) is 3.58. The van der Waals surface area contributed by atoms with Gasteiger partial charge >= 0.3 is 0 Å². The van der Waals surface area contributed by atoms with Crippen LogP contribution in [0.15, 0.2) is 52.0 Å². The number of amidine groups is 1. The molecule has 3 rings (SSSR count). The van der Waals surface area contributed by atoms with Crippen molar-refractivity contribution in [3.05, 3.63) is 57.8 Å². The number of carbonyl (C=O) groups excluding carboxylic acids is 1. The van der Waals surface area contributed by atoms with Gasteiger partial charge < -0.3 is 0 Å². The van der Waals surface area contributed by atoms with Crippen LogP contribution >= 0.6 is 23.1 Å². The van der Waals surface area contributed by atoms with Gasteiger partial charge in [-0.15, -0.1) is 16.4 Å². The molecular formula is C19H21N3OS2. The Hall–Kier alpha value is -1.92. The third kappa shape index (κ3) is 4.38. The summed E-state index contributed by atoms with van der Waals surface area (Å²) in [5, 5.41) is 11.2. The molecule has 1 saturated heterocycles. The van der Waals surface area contributed by atoms with Crippen molar-refractivity contribution in [2.45, 2.75) is 38.5 Å². The van der Waals surface area contributed by atoms with E-state index in [-0.39, 0.29) is 11.2 Å². The highest BCUT2D eigenvalue weighted by Crippen LogP contribution is 2.32. The highest BCUT2D eigenvalue weighted by molar-refractivity contribution is 8.15. The number of thiophene rings is 1. The monoisotopic (exact) mass is 371 g/mol. The number of rotatable bonds is 6. The second kappa shape index (κ2) is 8.45. The van der Waals surface area contributed by atoms with Crippen LogP contribution in [0.5, 0.6) is 0 Å². The summed E-state index contributed by atoms with van der Waals surface area (Å²) in [7, 11) is 0. The summed E-state index contributed by atoms with van der Waals surface area (Å²) in [4.78, 5) is 15.6. The first-order chi connectivity index (χ1) is 12.2. The van der Waals surface area contributed by atoms with Crippen molar-refractivity contribution >= 4 is 40.4 Å². The lowest BCUT2D eigenvalue weighted by molar-refractivity contribution is -0.126. The Morgan fingerprint density at radius 3 is 2.80 bits per heavy atom. The van der Waals surface area contributed by atoms with Crippen LogP contribution in [-0.2, 0) is 11.3 Å². The average Bonchev–Trinajstić information content (AvgIpc) is 3.21. The van der Waals surface area contributed by atoms with Gasteiger partial charge in [-0.3, -0.25) is 9.69 Å². The standard InChI is InChI=1S/C19H21N3OS2/c1-3-7-17-18(23)22(13-15-9-5-4-8-14(15)2)19(25-17)21-20-12-16-10-6-11-24-16/h4-6,8-12,17H,3,7,13H2,1-2H3/b20-12-,21-19+/t17-/m1/s1. The molecule has 1 aliphatic rings. The zero-order valence-corrected chi connectivity index (χ0v) is 16.0. The lowest BCUT2D eigenvalue weighted by atomic mass is 10.1. The Labute approximate surface area is 156 Å². The maximum absolute atomic E-state index is 12.8. The summed E-state index contributed by atoms with van der Waals surface area (Å²) in [6.45, 7) is 4.72. The van der Waals surface area contributed by atoms with Crippen LogP contribution < -0.4 is 0 Å². The second-order valence-electron chi connectivity index (χ2n) is 5.89. The fourth-order valence-corrected chi connectivity index (χ4v) is 4.43. The molecule has 2 aromatic rings. The lowest BCUT2D eigenvalue weighted by Crippen LogP contribution is -2.31. The molecule has 0 radical (unpaired) electrons. The van der Waals surface area contributed by atoms with Gasteiger partial charge in [0.15, 0.2) is 5.17 Å². The fraction of sp³-hybridized carbons (Fsp3) is 0.316. The second-order valence-corrected chi connectivity index (χ2v) is 8.04. The first-order valence-electron chi connectivity index (χ1n) is 8.36. The molecule has 4 nitrogen and oxygen atoms in total. The zero-order valence-electron chi connectivity index (χ0n) is 14.4. The number of hydrogen-bond acceptors (Lipinski definition) is 5. The summed E-state index contributed by atoms with van der Waals surface area (Å²) in [6, 6.07) is 12.1. The molecule has 0 unspecified atom stereocenters. The van der Waals surface area contributed by atoms with Crippen LogP contribution in [0.3, 0.4) is 0 Å². The smallest absolute Gasteiger partial charge is 0.242 e. The number of thioether (sulfide) groups is 1. The van der Waals surface area contributed by atoms with E-state index in [4.69, 9.17) is 0 Å². The summed E-state index contributed by atoms with van der Waals surface area (Å²) < 4.78 is 0. The predicted octanol–water partition coefficient (Wildman–Crippen LogP) is 4.69. The van der Waals surface area contributed by atoms with Crippen molar-refractivity contribution in [1.29, 1.82) is 0 Å². The molecule has 1 aromatic carbocycles. The van der Waals surface area contributed by atoms with Crippen LogP contribution in [0.4, 0.5) is 0 Å². The highest BCUT2D eigenvalue weighted by Gasteiger charge is 2.37. The van der Waals surface area contributed by atoms with Gasteiger partial charge in [0.25, 0.3) is 0 Å². The first-order valence-corrected chi connectivity index (χ1v) is 10.1. The van der Waals surface area contributed by atoms with Crippen molar-refractivity contribution in [1.82, 2.24) is 4.90 Å². The highest BCUT2D eigenvalue weighted by atomic mass is 32.2. The van der Waals surface area contributed by atoms with Gasteiger partial charge in [-0.05, 0) is 35.9 Å². The van der Waals surface area contributed by atoms with Gasteiger partial charge in [0.2, 0.25) is 5.91 Å². The van der Waals surface area contributed by atoms with Crippen LogP contribution in [0, 0.1) is 6.92 Å². The average molecular weight is 372 g/mol. The van der Waals surface area contributed by atoms with Gasteiger partial charge in [-0.1, -0.05) is 55.4 Å². The van der Waals surface area contributed by atoms with Crippen molar-refractivity contribution in [3.63, 3.8) is 0 Å². The van der Waals surface area contributed by atoms with Crippen LogP contribution in [0.25, 0.3) is 0 Å². The Kier molecular flexibility index (Phi) is 6.04. The quantitative estimate of drug-likeness (QED) is 0.546. The van der Waals surface area contributed by atoms with Gasteiger partial charge in [0.05, 0.1) is 18.0 Å². The zero-order chi connectivity index (χ0) is 17.6. The molecule has 130 valence electrons. The van der Waals surface area contributed by atoms with Crippen LogP contribution in [-0.4, -0.2) is 27.4 Å². The number of nitrogens with zero attached hydrogens (tertiary/aromatic N) is 3. The molecule has 0 spiro atoms. The van der Waals surface area contributed by atoms with Gasteiger partial charge in [0, 0.05) is 4.88 Å². The minimum Gasteiger partial charge on any atom is -0.284 e.